The van der Waals surface area contributed by atoms with Gasteiger partial charge in [0, 0.05) is 24.2 Å². The third kappa shape index (κ3) is 5.72. The van der Waals surface area contributed by atoms with Crippen molar-refractivity contribution in [3.05, 3.63) is 59.9 Å². The van der Waals surface area contributed by atoms with Crippen molar-refractivity contribution in [2.45, 2.75) is 42.5 Å². The molecule has 1 aromatic heterocycles. The number of thioether (sulfide) groups is 1. The first-order chi connectivity index (χ1) is 15.8. The molecule has 1 fully saturated rings. The molecule has 2 aromatic carbocycles. The minimum Gasteiger partial charge on any atom is -0.325 e. The number of benzene rings is 2. The fourth-order valence-electron chi connectivity index (χ4n) is 3.88. The van der Waals surface area contributed by atoms with Gasteiger partial charge < -0.3 is 5.32 Å². The number of aryl methyl sites for hydroxylation is 1. The molecule has 1 N–H and O–H groups in total. The van der Waals surface area contributed by atoms with E-state index in [2.05, 4.69) is 10.3 Å². The van der Waals surface area contributed by atoms with E-state index in [0.29, 0.717) is 34.2 Å². The van der Waals surface area contributed by atoms with Crippen LogP contribution in [0.2, 0.25) is 0 Å². The van der Waals surface area contributed by atoms with Gasteiger partial charge in [0.05, 0.1) is 21.2 Å². The molecule has 1 saturated heterocycles. The van der Waals surface area contributed by atoms with Crippen LogP contribution in [0, 0.1) is 12.7 Å². The molecule has 3 aromatic rings. The molecule has 6 nitrogen and oxygen atoms in total. The van der Waals surface area contributed by atoms with Crippen LogP contribution in [0.15, 0.2) is 58.5 Å². The Hall–Kier alpha value is -2.49. The van der Waals surface area contributed by atoms with Crippen LogP contribution in [-0.2, 0) is 14.8 Å². The van der Waals surface area contributed by atoms with Gasteiger partial charge in [0.1, 0.15) is 5.82 Å². The van der Waals surface area contributed by atoms with E-state index in [0.717, 1.165) is 36.6 Å². The number of halogens is 1. The van der Waals surface area contributed by atoms with E-state index in [1.165, 1.54) is 36.0 Å². The Morgan fingerprint density at radius 1 is 1.06 bits per heavy atom. The SMILES string of the molecule is Cc1cc(SCC(=O)Nc2ccc(F)cc2)nc2ccc(S(=O)(=O)N3CCCCCC3)cc12. The number of hydrogen-bond donors (Lipinski definition) is 1. The number of nitrogens with one attached hydrogen (secondary N) is 1. The predicted molar refractivity (Wildman–Crippen MR) is 129 cm³/mol. The van der Waals surface area contributed by atoms with Crippen molar-refractivity contribution in [3.8, 4) is 0 Å². The highest BCUT2D eigenvalue weighted by Gasteiger charge is 2.25. The van der Waals surface area contributed by atoms with Gasteiger partial charge in [0.2, 0.25) is 15.9 Å². The van der Waals surface area contributed by atoms with Crippen LogP contribution in [0.5, 0.6) is 0 Å². The summed E-state index contributed by atoms with van der Waals surface area (Å²) in [5.74, 6) is -0.429. The molecule has 33 heavy (non-hydrogen) atoms. The first kappa shape index (κ1) is 23.7. The monoisotopic (exact) mass is 487 g/mol. The van der Waals surface area contributed by atoms with E-state index >= 15 is 0 Å². The third-order valence-electron chi connectivity index (χ3n) is 5.65. The summed E-state index contributed by atoms with van der Waals surface area (Å²) in [5, 5.41) is 4.19. The summed E-state index contributed by atoms with van der Waals surface area (Å²) in [6, 6.07) is 12.5. The van der Waals surface area contributed by atoms with Gasteiger partial charge in [-0.15, -0.1) is 0 Å². The highest BCUT2D eigenvalue weighted by atomic mass is 32.2. The van der Waals surface area contributed by atoms with Crippen LogP contribution in [0.3, 0.4) is 0 Å². The Morgan fingerprint density at radius 2 is 1.76 bits per heavy atom. The molecule has 0 bridgehead atoms. The number of sulfonamides is 1. The zero-order chi connectivity index (χ0) is 23.4. The first-order valence-corrected chi connectivity index (χ1v) is 13.4. The molecular weight excluding hydrogens is 461 g/mol. The van der Waals surface area contributed by atoms with E-state index < -0.39 is 10.0 Å². The second kappa shape index (κ2) is 10.2. The van der Waals surface area contributed by atoms with Gasteiger partial charge in [-0.2, -0.15) is 4.31 Å². The van der Waals surface area contributed by atoms with E-state index in [1.807, 2.05) is 13.0 Å². The maximum atomic E-state index is 13.1. The fraction of sp³-hybridized carbons (Fsp3) is 0.333. The van der Waals surface area contributed by atoms with Crippen molar-refractivity contribution < 1.29 is 17.6 Å². The molecule has 174 valence electrons. The third-order valence-corrected chi connectivity index (χ3v) is 8.45. The summed E-state index contributed by atoms with van der Waals surface area (Å²) < 4.78 is 40.9. The molecule has 9 heteroatoms. The molecule has 1 amide bonds. The summed E-state index contributed by atoms with van der Waals surface area (Å²) in [5.41, 5.74) is 2.11. The normalized spacial score (nSPS) is 15.3. The smallest absolute Gasteiger partial charge is 0.243 e. The number of rotatable bonds is 6. The largest absolute Gasteiger partial charge is 0.325 e. The summed E-state index contributed by atoms with van der Waals surface area (Å²) in [6.45, 7) is 3.04. The molecule has 0 spiro atoms. The molecule has 0 saturated carbocycles. The minimum atomic E-state index is -3.53. The topological polar surface area (TPSA) is 79.4 Å². The number of hydrogen-bond acceptors (Lipinski definition) is 5. The number of pyridine rings is 1. The quantitative estimate of drug-likeness (QED) is 0.496. The average molecular weight is 488 g/mol. The Morgan fingerprint density at radius 3 is 2.45 bits per heavy atom. The second-order valence-electron chi connectivity index (χ2n) is 8.12. The number of carbonyl (C=O) groups is 1. The fourth-order valence-corrected chi connectivity index (χ4v) is 6.20. The van der Waals surface area contributed by atoms with E-state index in [9.17, 15) is 17.6 Å². The zero-order valence-electron chi connectivity index (χ0n) is 18.4. The number of fused-ring (bicyclic) bond motifs is 1. The minimum absolute atomic E-state index is 0.150. The maximum absolute atomic E-state index is 13.1. The highest BCUT2D eigenvalue weighted by molar-refractivity contribution is 7.99. The average Bonchev–Trinajstić information content (AvgIpc) is 3.09. The van der Waals surface area contributed by atoms with Crippen LogP contribution in [0.4, 0.5) is 10.1 Å². The molecule has 1 aliphatic heterocycles. The van der Waals surface area contributed by atoms with Gasteiger partial charge >= 0.3 is 0 Å². The summed E-state index contributed by atoms with van der Waals surface area (Å²) in [6.07, 6.45) is 3.91. The van der Waals surface area contributed by atoms with Gasteiger partial charge in [-0.25, -0.2) is 17.8 Å². The van der Waals surface area contributed by atoms with Crippen molar-refractivity contribution in [1.82, 2.24) is 9.29 Å². The molecule has 1 aliphatic rings. The zero-order valence-corrected chi connectivity index (χ0v) is 20.0. The highest BCUT2D eigenvalue weighted by Crippen LogP contribution is 2.28. The number of carbonyl (C=O) groups excluding carboxylic acids is 1. The molecule has 2 heterocycles. The van der Waals surface area contributed by atoms with Gasteiger partial charge in [0.25, 0.3) is 0 Å². The van der Waals surface area contributed by atoms with Gasteiger partial charge in [0.15, 0.2) is 0 Å². The van der Waals surface area contributed by atoms with Crippen LogP contribution >= 0.6 is 11.8 Å². The molecule has 0 aliphatic carbocycles. The van der Waals surface area contributed by atoms with Gasteiger partial charge in [-0.05, 0) is 73.9 Å². The first-order valence-electron chi connectivity index (χ1n) is 10.9. The lowest BCUT2D eigenvalue weighted by Gasteiger charge is -2.20. The maximum Gasteiger partial charge on any atom is 0.243 e. The Kier molecular flexibility index (Phi) is 7.31. The second-order valence-corrected chi connectivity index (χ2v) is 11.1. The lowest BCUT2D eigenvalue weighted by Crippen LogP contribution is -2.31. The van der Waals surface area contributed by atoms with E-state index in [4.69, 9.17) is 0 Å². The van der Waals surface area contributed by atoms with Crippen molar-refractivity contribution in [1.29, 1.82) is 0 Å². The van der Waals surface area contributed by atoms with Crippen LogP contribution in [-0.4, -0.2) is 42.5 Å². The van der Waals surface area contributed by atoms with E-state index in [-0.39, 0.29) is 17.5 Å². The number of anilines is 1. The van der Waals surface area contributed by atoms with Gasteiger partial charge in [-0.1, -0.05) is 24.6 Å². The molecule has 0 radical (unpaired) electrons. The Balaban J connectivity index is 1.48. The molecule has 4 rings (SSSR count). The van der Waals surface area contributed by atoms with Crippen molar-refractivity contribution in [2.24, 2.45) is 0 Å². The van der Waals surface area contributed by atoms with Crippen molar-refractivity contribution in [3.63, 3.8) is 0 Å². The summed E-state index contributed by atoms with van der Waals surface area (Å²) >= 11 is 1.29. The number of nitrogens with zero attached hydrogens (tertiary/aromatic N) is 2. The predicted octanol–water partition coefficient (Wildman–Crippen LogP) is 4.98. The van der Waals surface area contributed by atoms with Crippen LogP contribution in [0.1, 0.15) is 31.2 Å². The van der Waals surface area contributed by atoms with Crippen molar-refractivity contribution >= 4 is 44.3 Å². The lowest BCUT2D eigenvalue weighted by molar-refractivity contribution is -0.113. The number of amides is 1. The lowest BCUT2D eigenvalue weighted by atomic mass is 10.1. The van der Waals surface area contributed by atoms with E-state index in [1.54, 1.807) is 22.5 Å². The Bertz CT molecular complexity index is 1260. The molecule has 0 unspecified atom stereocenters. The summed E-state index contributed by atoms with van der Waals surface area (Å²) in [4.78, 5) is 17.1. The van der Waals surface area contributed by atoms with Crippen LogP contribution < -0.4 is 5.32 Å². The number of aromatic nitrogens is 1. The summed E-state index contributed by atoms with van der Waals surface area (Å²) in [7, 11) is -3.53. The van der Waals surface area contributed by atoms with Gasteiger partial charge in [-0.3, -0.25) is 4.79 Å². The Labute approximate surface area is 197 Å². The molecular formula is C24H26FN3O3S2. The standard InChI is InChI=1S/C24H26FN3O3S2/c1-17-14-24(32-16-23(29)26-19-8-6-18(25)7-9-19)27-22-11-10-20(15-21(17)22)33(30,31)28-12-4-2-3-5-13-28/h6-11,14-15H,2-5,12-13,16H2,1H3,(H,26,29). The molecule has 0 atom stereocenters. The van der Waals surface area contributed by atoms with Crippen LogP contribution in [0.25, 0.3) is 10.9 Å². The van der Waals surface area contributed by atoms with Crippen molar-refractivity contribution in [2.75, 3.05) is 24.2 Å².